The summed E-state index contributed by atoms with van der Waals surface area (Å²) in [6.07, 6.45) is 1.95. The smallest absolute Gasteiger partial charge is 0.335 e. The van der Waals surface area contributed by atoms with Crippen LogP contribution in [0.25, 0.3) is 0 Å². The number of nitrogens with zero attached hydrogens (tertiary/aromatic N) is 1. The van der Waals surface area contributed by atoms with Crippen molar-refractivity contribution >= 4 is 29.2 Å². The summed E-state index contributed by atoms with van der Waals surface area (Å²) in [5.41, 5.74) is 0.420. The number of hydrogen-bond acceptors (Lipinski definition) is 3. The lowest BCUT2D eigenvalue weighted by atomic mass is 10.2. The molecule has 0 saturated carbocycles. The number of carbonyl (C=O) groups is 2. The maximum Gasteiger partial charge on any atom is 0.335 e. The summed E-state index contributed by atoms with van der Waals surface area (Å²) >= 11 is 5.98. The van der Waals surface area contributed by atoms with Crippen LogP contribution in [-0.2, 0) is 4.79 Å². The highest BCUT2D eigenvalue weighted by Crippen LogP contribution is 2.23. The molecule has 5 nitrogen and oxygen atoms in total. The molecular weight excluding hydrogens is 292 g/mol. The second kappa shape index (κ2) is 8.64. The minimum Gasteiger partial charge on any atom is -0.478 e. The van der Waals surface area contributed by atoms with Crippen molar-refractivity contribution in [3.8, 4) is 0 Å². The van der Waals surface area contributed by atoms with Crippen molar-refractivity contribution in [2.75, 3.05) is 25.0 Å². The lowest BCUT2D eigenvalue weighted by Crippen LogP contribution is -2.34. The van der Waals surface area contributed by atoms with Crippen molar-refractivity contribution < 1.29 is 14.7 Å². The van der Waals surface area contributed by atoms with Gasteiger partial charge >= 0.3 is 5.97 Å². The number of benzene rings is 1. The lowest BCUT2D eigenvalue weighted by Gasteiger charge is -2.20. The summed E-state index contributed by atoms with van der Waals surface area (Å²) in [4.78, 5) is 25.0. The monoisotopic (exact) mass is 312 g/mol. The van der Waals surface area contributed by atoms with E-state index in [2.05, 4.69) is 24.1 Å². The van der Waals surface area contributed by atoms with Gasteiger partial charge in [0.2, 0.25) is 5.91 Å². The number of carboxylic acid groups (broad SMARTS) is 1. The summed E-state index contributed by atoms with van der Waals surface area (Å²) in [5, 5.41) is 12.0. The lowest BCUT2D eigenvalue weighted by molar-refractivity contribution is -0.117. The summed E-state index contributed by atoms with van der Waals surface area (Å²) in [5.74, 6) is -1.25. The predicted molar refractivity (Wildman–Crippen MR) is 84.1 cm³/mol. The fourth-order valence-electron chi connectivity index (χ4n) is 2.05. The molecule has 0 bridgehead atoms. The van der Waals surface area contributed by atoms with Crippen LogP contribution in [0, 0.1) is 0 Å². The number of rotatable bonds is 8. The van der Waals surface area contributed by atoms with Gasteiger partial charge in [0, 0.05) is 0 Å². The summed E-state index contributed by atoms with van der Waals surface area (Å²) in [6, 6.07) is 4.24. The number of aromatic carboxylic acids is 1. The fourth-order valence-corrected chi connectivity index (χ4v) is 2.21. The van der Waals surface area contributed by atoms with E-state index in [1.165, 1.54) is 18.2 Å². The van der Waals surface area contributed by atoms with Crippen LogP contribution in [0.5, 0.6) is 0 Å². The summed E-state index contributed by atoms with van der Waals surface area (Å²) in [7, 11) is 0. The van der Waals surface area contributed by atoms with Gasteiger partial charge in [-0.05, 0) is 44.1 Å². The first-order valence-electron chi connectivity index (χ1n) is 7.03. The minimum absolute atomic E-state index is 0.0914. The molecule has 0 aliphatic carbocycles. The van der Waals surface area contributed by atoms with Crippen molar-refractivity contribution in [3.05, 3.63) is 28.8 Å². The van der Waals surface area contributed by atoms with E-state index in [1.807, 2.05) is 0 Å². The van der Waals surface area contributed by atoms with E-state index in [9.17, 15) is 9.59 Å². The van der Waals surface area contributed by atoms with Gasteiger partial charge in [-0.2, -0.15) is 0 Å². The molecule has 1 rings (SSSR count). The summed E-state index contributed by atoms with van der Waals surface area (Å²) < 4.78 is 0. The predicted octanol–water partition coefficient (Wildman–Crippen LogP) is 3.10. The van der Waals surface area contributed by atoms with Crippen LogP contribution >= 0.6 is 11.6 Å². The summed E-state index contributed by atoms with van der Waals surface area (Å²) in [6.45, 7) is 6.10. The number of carboxylic acids is 1. The van der Waals surface area contributed by atoms with Gasteiger partial charge in [0.1, 0.15) is 0 Å². The molecule has 6 heteroatoms. The second-order valence-corrected chi connectivity index (χ2v) is 5.23. The molecular formula is C15H21ClN2O3. The Morgan fingerprint density at radius 3 is 2.38 bits per heavy atom. The second-order valence-electron chi connectivity index (χ2n) is 4.82. The number of anilines is 1. The molecule has 116 valence electrons. The van der Waals surface area contributed by atoms with Crippen LogP contribution in [0.2, 0.25) is 5.02 Å². The normalized spacial score (nSPS) is 10.7. The Hall–Kier alpha value is -1.59. The highest BCUT2D eigenvalue weighted by molar-refractivity contribution is 6.33. The van der Waals surface area contributed by atoms with Crippen molar-refractivity contribution in [1.29, 1.82) is 0 Å². The van der Waals surface area contributed by atoms with E-state index in [0.29, 0.717) is 10.7 Å². The van der Waals surface area contributed by atoms with Crippen LogP contribution in [0.4, 0.5) is 5.69 Å². The molecule has 0 fully saturated rings. The molecule has 1 amide bonds. The number of nitrogens with one attached hydrogen (secondary N) is 1. The van der Waals surface area contributed by atoms with Crippen LogP contribution < -0.4 is 5.32 Å². The van der Waals surface area contributed by atoms with Crippen LogP contribution in [0.15, 0.2) is 18.2 Å². The third-order valence-corrected chi connectivity index (χ3v) is 3.26. The largest absolute Gasteiger partial charge is 0.478 e. The number of halogens is 1. The minimum atomic E-state index is -1.05. The topological polar surface area (TPSA) is 69.6 Å². The molecule has 0 unspecified atom stereocenters. The van der Waals surface area contributed by atoms with Gasteiger partial charge in [0.05, 0.1) is 22.8 Å². The molecule has 21 heavy (non-hydrogen) atoms. The SMILES string of the molecule is CCCN(CCC)CC(=O)Nc1cc(C(=O)O)ccc1Cl. The van der Waals surface area contributed by atoms with Crippen molar-refractivity contribution in [3.63, 3.8) is 0 Å². The molecule has 0 aliphatic heterocycles. The van der Waals surface area contributed by atoms with Gasteiger partial charge in [-0.1, -0.05) is 25.4 Å². The first-order chi connectivity index (χ1) is 9.97. The zero-order chi connectivity index (χ0) is 15.8. The third-order valence-electron chi connectivity index (χ3n) is 2.93. The van der Waals surface area contributed by atoms with Gasteiger partial charge in [-0.3, -0.25) is 9.69 Å². The Morgan fingerprint density at radius 1 is 1.24 bits per heavy atom. The molecule has 0 heterocycles. The molecule has 1 aromatic carbocycles. The van der Waals surface area contributed by atoms with E-state index in [4.69, 9.17) is 16.7 Å². The Morgan fingerprint density at radius 2 is 1.86 bits per heavy atom. The van der Waals surface area contributed by atoms with Crippen molar-refractivity contribution in [1.82, 2.24) is 4.90 Å². The van der Waals surface area contributed by atoms with Gasteiger partial charge in [-0.15, -0.1) is 0 Å². The number of carbonyl (C=O) groups excluding carboxylic acids is 1. The average molecular weight is 313 g/mol. The Bertz CT molecular complexity index is 500. The molecule has 0 aromatic heterocycles. The Kier molecular flexibility index (Phi) is 7.19. The van der Waals surface area contributed by atoms with Gasteiger partial charge in [-0.25, -0.2) is 4.79 Å². The molecule has 0 spiro atoms. The van der Waals surface area contributed by atoms with Crippen molar-refractivity contribution in [2.45, 2.75) is 26.7 Å². The highest BCUT2D eigenvalue weighted by Gasteiger charge is 2.13. The van der Waals surface area contributed by atoms with E-state index >= 15 is 0 Å². The van der Waals surface area contributed by atoms with Crippen molar-refractivity contribution in [2.24, 2.45) is 0 Å². The fraction of sp³-hybridized carbons (Fsp3) is 0.467. The van der Waals surface area contributed by atoms with Crippen LogP contribution in [-0.4, -0.2) is 41.5 Å². The Balaban J connectivity index is 2.73. The molecule has 0 atom stereocenters. The van der Waals surface area contributed by atoms with E-state index in [0.717, 1.165) is 25.9 Å². The molecule has 0 radical (unpaired) electrons. The van der Waals surface area contributed by atoms with Gasteiger partial charge < -0.3 is 10.4 Å². The van der Waals surface area contributed by atoms with E-state index in [1.54, 1.807) is 0 Å². The quantitative estimate of drug-likeness (QED) is 0.774. The van der Waals surface area contributed by atoms with E-state index in [-0.39, 0.29) is 18.0 Å². The molecule has 0 saturated heterocycles. The molecule has 1 aromatic rings. The maximum absolute atomic E-state index is 12.0. The van der Waals surface area contributed by atoms with Gasteiger partial charge in [0.25, 0.3) is 0 Å². The number of hydrogen-bond donors (Lipinski definition) is 2. The zero-order valence-electron chi connectivity index (χ0n) is 12.4. The molecule has 2 N–H and O–H groups in total. The third kappa shape index (κ3) is 5.73. The first-order valence-corrected chi connectivity index (χ1v) is 7.40. The number of amides is 1. The average Bonchev–Trinajstić information content (AvgIpc) is 2.41. The van der Waals surface area contributed by atoms with E-state index < -0.39 is 5.97 Å². The maximum atomic E-state index is 12.0. The van der Waals surface area contributed by atoms with Crippen LogP contribution in [0.1, 0.15) is 37.0 Å². The van der Waals surface area contributed by atoms with Gasteiger partial charge in [0.15, 0.2) is 0 Å². The Labute approximate surface area is 129 Å². The zero-order valence-corrected chi connectivity index (χ0v) is 13.1. The highest BCUT2D eigenvalue weighted by atomic mass is 35.5. The molecule has 0 aliphatic rings. The first kappa shape index (κ1) is 17.5. The standard InChI is InChI=1S/C15H21ClN2O3/c1-3-7-18(8-4-2)10-14(19)17-13-9-11(15(20)21)5-6-12(13)16/h5-6,9H,3-4,7-8,10H2,1-2H3,(H,17,19)(H,20,21). The van der Waals surface area contributed by atoms with Crippen LogP contribution in [0.3, 0.4) is 0 Å².